The summed E-state index contributed by atoms with van der Waals surface area (Å²) < 4.78 is 132. The van der Waals surface area contributed by atoms with Crippen LogP contribution in [0.25, 0.3) is 0 Å². The number of halogens is 7. The summed E-state index contributed by atoms with van der Waals surface area (Å²) in [5.74, 6) is -8.01. The molecule has 2 heterocycles. The van der Waals surface area contributed by atoms with Gasteiger partial charge in [0.1, 0.15) is 18.2 Å². The maximum atomic E-state index is 15.7. The van der Waals surface area contributed by atoms with Crippen LogP contribution in [0.2, 0.25) is 0 Å². The Balaban J connectivity index is 1.88. The van der Waals surface area contributed by atoms with E-state index in [1.165, 1.54) is 0 Å². The largest absolute Gasteiger partial charge is 0.490 e. The highest BCUT2D eigenvalue weighted by atomic mass is 32.2. The maximum Gasteiger partial charge on any atom is 0.420 e. The Kier molecular flexibility index (Phi) is 8.26. The Labute approximate surface area is 231 Å². The lowest BCUT2D eigenvalue weighted by Crippen LogP contribution is -2.52. The van der Waals surface area contributed by atoms with Crippen molar-refractivity contribution >= 4 is 27.2 Å². The second-order valence-electron chi connectivity index (χ2n) is 10.4. The quantitative estimate of drug-likeness (QED) is 0.369. The summed E-state index contributed by atoms with van der Waals surface area (Å²) in [6.45, 7) is -0.577. The summed E-state index contributed by atoms with van der Waals surface area (Å²) in [5.41, 5.74) is -6.59. The first-order chi connectivity index (χ1) is 18.9. The van der Waals surface area contributed by atoms with E-state index in [0.717, 1.165) is 29.2 Å². The van der Waals surface area contributed by atoms with Crippen molar-refractivity contribution in [3.63, 3.8) is 0 Å². The van der Waals surface area contributed by atoms with Gasteiger partial charge in [0.25, 0.3) is 0 Å². The van der Waals surface area contributed by atoms with Gasteiger partial charge < -0.3 is 14.7 Å². The minimum atomic E-state index is -5.13. The number of nitrogens with one attached hydrogen (secondary N) is 1. The summed E-state index contributed by atoms with van der Waals surface area (Å²) in [6, 6.07) is 5.10. The van der Waals surface area contributed by atoms with Crippen LogP contribution in [-0.4, -0.2) is 56.2 Å². The highest BCUT2D eigenvalue weighted by Crippen LogP contribution is 2.47. The molecule has 2 aromatic carbocycles. The minimum absolute atomic E-state index is 0.00742. The van der Waals surface area contributed by atoms with Crippen molar-refractivity contribution in [1.29, 1.82) is 0 Å². The summed E-state index contributed by atoms with van der Waals surface area (Å²) in [7, 11) is -5.08. The van der Waals surface area contributed by atoms with Gasteiger partial charge in [-0.05, 0) is 63.1 Å². The lowest BCUT2D eigenvalue weighted by molar-refractivity contribution is -0.145. The fourth-order valence-electron chi connectivity index (χ4n) is 5.02. The van der Waals surface area contributed by atoms with Gasteiger partial charge in [-0.3, -0.25) is 10.1 Å². The lowest BCUT2D eigenvalue weighted by Gasteiger charge is -2.29. The van der Waals surface area contributed by atoms with Crippen LogP contribution in [0.1, 0.15) is 38.2 Å². The van der Waals surface area contributed by atoms with E-state index in [1.54, 1.807) is 0 Å². The Hall–Kier alpha value is -3.07. The first-order valence-corrected chi connectivity index (χ1v) is 14.1. The second kappa shape index (κ2) is 11.0. The monoisotopic (exact) mass is 612 g/mol. The van der Waals surface area contributed by atoms with E-state index >= 15 is 4.39 Å². The van der Waals surface area contributed by atoms with E-state index in [1.807, 2.05) is 0 Å². The van der Waals surface area contributed by atoms with Crippen molar-refractivity contribution < 1.29 is 53.8 Å². The van der Waals surface area contributed by atoms with Gasteiger partial charge in [0.05, 0.1) is 16.1 Å². The molecule has 3 atom stereocenters. The molecule has 41 heavy (non-hydrogen) atoms. The van der Waals surface area contributed by atoms with E-state index in [-0.39, 0.29) is 18.7 Å². The van der Waals surface area contributed by atoms with Gasteiger partial charge in [-0.25, -0.2) is 26.0 Å². The molecule has 7 nitrogen and oxygen atoms in total. The van der Waals surface area contributed by atoms with Gasteiger partial charge >= 0.3 is 12.1 Å². The number of aliphatic carboxylic acids is 1. The number of carboxylic acids is 1. The smallest absolute Gasteiger partial charge is 0.420 e. The second-order valence-corrected chi connectivity index (χ2v) is 12.4. The van der Waals surface area contributed by atoms with E-state index in [0.29, 0.717) is 25.5 Å². The number of fused-ring (bicyclic) bond motifs is 1. The fourth-order valence-corrected chi connectivity index (χ4v) is 6.72. The highest BCUT2D eigenvalue weighted by Gasteiger charge is 2.47. The zero-order chi connectivity index (χ0) is 30.4. The molecule has 0 aromatic heterocycles. The predicted molar refractivity (Wildman–Crippen MR) is 133 cm³/mol. The number of benzene rings is 2. The third-order valence-corrected chi connectivity index (χ3v) is 9.19. The maximum absolute atomic E-state index is 15.7. The molecule has 2 N–H and O–H groups in total. The molecule has 1 fully saturated rings. The molecule has 1 saturated heterocycles. The number of hydrogen-bond donors (Lipinski definition) is 2. The Morgan fingerprint density at radius 2 is 1.83 bits per heavy atom. The average Bonchev–Trinajstić information content (AvgIpc) is 3.34. The van der Waals surface area contributed by atoms with Crippen molar-refractivity contribution in [2.75, 3.05) is 24.6 Å². The molecular weight excluding hydrogens is 585 g/mol. The summed E-state index contributed by atoms with van der Waals surface area (Å²) >= 11 is 0. The number of carboxylic acid groups (broad SMARTS) is 1. The summed E-state index contributed by atoms with van der Waals surface area (Å²) in [4.78, 5) is 12.0. The van der Waals surface area contributed by atoms with Gasteiger partial charge in [0.15, 0.2) is 5.54 Å². The van der Waals surface area contributed by atoms with Crippen molar-refractivity contribution in [3.8, 4) is 5.75 Å². The van der Waals surface area contributed by atoms with Crippen LogP contribution in [0.3, 0.4) is 0 Å². The van der Waals surface area contributed by atoms with Crippen LogP contribution >= 0.6 is 0 Å². The molecule has 226 valence electrons. The molecule has 15 heteroatoms. The third kappa shape index (κ3) is 6.40. The standard InChI is InChI=1S/C26H27F7N2O5S/c1-24(29,30)9-7-15-13-35(17-5-3-16(27)4-6-17)19-11-18(26(31,32)33)20(12-21(19)41(38,39)22(15)28)40-14-25(23(36)37)8-2-10-34-25/h3-6,11-12,15,22,34H,2,7-10,13-14H2,1H3,(H,36,37)/t15-,22+,25-/m1/s1. The molecule has 0 bridgehead atoms. The molecule has 2 aliphatic rings. The molecule has 0 saturated carbocycles. The summed E-state index contributed by atoms with van der Waals surface area (Å²) in [5, 5.41) is 12.3. The number of alkyl halides is 6. The lowest BCUT2D eigenvalue weighted by atomic mass is 9.99. The van der Waals surface area contributed by atoms with Gasteiger partial charge in [0, 0.05) is 30.6 Å². The van der Waals surface area contributed by atoms with E-state index in [9.17, 15) is 44.7 Å². The first-order valence-electron chi connectivity index (χ1n) is 12.6. The number of carbonyl (C=O) groups is 1. The Morgan fingerprint density at radius 1 is 1.17 bits per heavy atom. The van der Waals surface area contributed by atoms with Crippen LogP contribution in [-0.2, 0) is 20.8 Å². The van der Waals surface area contributed by atoms with Crippen LogP contribution in [0.5, 0.6) is 5.75 Å². The Bertz CT molecular complexity index is 1390. The van der Waals surface area contributed by atoms with Crippen LogP contribution in [0.15, 0.2) is 41.3 Å². The van der Waals surface area contributed by atoms with Gasteiger partial charge in [-0.1, -0.05) is 0 Å². The zero-order valence-electron chi connectivity index (χ0n) is 21.6. The van der Waals surface area contributed by atoms with E-state index in [2.05, 4.69) is 5.32 Å². The molecule has 0 aliphatic carbocycles. The molecule has 0 radical (unpaired) electrons. The van der Waals surface area contributed by atoms with E-state index in [4.69, 9.17) is 4.74 Å². The molecule has 0 amide bonds. The zero-order valence-corrected chi connectivity index (χ0v) is 22.5. The molecule has 2 aromatic rings. The predicted octanol–water partition coefficient (Wildman–Crippen LogP) is 5.70. The normalized spacial score (nSPS) is 24.5. The fraction of sp³-hybridized carbons (Fsp3) is 0.500. The van der Waals surface area contributed by atoms with Gasteiger partial charge in [-0.2, -0.15) is 13.2 Å². The van der Waals surface area contributed by atoms with Crippen LogP contribution in [0.4, 0.5) is 42.1 Å². The van der Waals surface area contributed by atoms with Crippen molar-refractivity contribution in [2.24, 2.45) is 5.92 Å². The molecule has 0 spiro atoms. The van der Waals surface area contributed by atoms with E-state index < -0.39 is 98.6 Å². The molecule has 2 aliphatic heterocycles. The molecule has 0 unspecified atom stereocenters. The number of sulfone groups is 1. The van der Waals surface area contributed by atoms with Crippen molar-refractivity contribution in [3.05, 3.63) is 47.8 Å². The summed E-state index contributed by atoms with van der Waals surface area (Å²) in [6.07, 6.45) is -6.23. The number of anilines is 2. The number of nitrogens with zero attached hydrogens (tertiary/aromatic N) is 1. The number of ether oxygens (including phenoxy) is 1. The van der Waals surface area contributed by atoms with Crippen molar-refractivity contribution in [2.45, 2.75) is 60.6 Å². The molecule has 4 rings (SSSR count). The van der Waals surface area contributed by atoms with Crippen LogP contribution in [0, 0.1) is 11.7 Å². The molecular formula is C26H27F7N2O5S. The van der Waals surface area contributed by atoms with Gasteiger partial charge in [0.2, 0.25) is 21.3 Å². The van der Waals surface area contributed by atoms with Crippen LogP contribution < -0.4 is 15.0 Å². The number of hydrogen-bond acceptors (Lipinski definition) is 6. The SMILES string of the molecule is CC(F)(F)CC[C@@H]1CN(c2ccc(F)cc2)c2cc(C(F)(F)F)c(OC[C@@]3(C(=O)O)CCCN3)cc2S(=O)(=O)[C@@H]1F. The Morgan fingerprint density at radius 3 is 2.37 bits per heavy atom. The number of rotatable bonds is 8. The third-order valence-electron chi connectivity index (χ3n) is 7.27. The highest BCUT2D eigenvalue weighted by molar-refractivity contribution is 7.92. The average molecular weight is 613 g/mol. The first kappa shape index (κ1) is 30.9. The minimum Gasteiger partial charge on any atom is -0.490 e. The van der Waals surface area contributed by atoms with Crippen molar-refractivity contribution in [1.82, 2.24) is 5.32 Å². The van der Waals surface area contributed by atoms with Gasteiger partial charge in [-0.15, -0.1) is 0 Å². The topological polar surface area (TPSA) is 95.9 Å².